The number of rotatable bonds is 6. The van der Waals surface area contributed by atoms with Crippen LogP contribution in [0.2, 0.25) is 0 Å². The normalized spacial score (nSPS) is 18.7. The van der Waals surface area contributed by atoms with Crippen molar-refractivity contribution in [3.8, 4) is 17.2 Å². The van der Waals surface area contributed by atoms with E-state index < -0.39 is 16.1 Å². The Kier molecular flexibility index (Phi) is 5.33. The van der Waals surface area contributed by atoms with Gasteiger partial charge in [-0.2, -0.15) is 0 Å². The molecule has 4 rings (SSSR count). The van der Waals surface area contributed by atoms with E-state index in [2.05, 4.69) is 4.72 Å². The van der Waals surface area contributed by atoms with Crippen LogP contribution in [-0.4, -0.2) is 46.7 Å². The first-order valence-electron chi connectivity index (χ1n) is 9.41. The first-order chi connectivity index (χ1) is 14.0. The fourth-order valence-electron chi connectivity index (χ4n) is 3.40. The SMILES string of the molecule is CCOc1ccc(N2C[C@H](NS(=O)(=O)c3ccc4c(c3)OCCO4)CC2=O)cc1. The Balaban J connectivity index is 1.46. The van der Waals surface area contributed by atoms with Crippen LogP contribution in [0.15, 0.2) is 47.4 Å². The molecule has 1 N–H and O–H groups in total. The van der Waals surface area contributed by atoms with Crippen LogP contribution >= 0.6 is 0 Å². The summed E-state index contributed by atoms with van der Waals surface area (Å²) in [4.78, 5) is 14.1. The predicted molar refractivity (Wildman–Crippen MR) is 106 cm³/mol. The van der Waals surface area contributed by atoms with Gasteiger partial charge in [-0.15, -0.1) is 0 Å². The highest BCUT2D eigenvalue weighted by Gasteiger charge is 2.34. The average Bonchev–Trinajstić information content (AvgIpc) is 3.07. The van der Waals surface area contributed by atoms with Crippen LogP contribution in [0.4, 0.5) is 5.69 Å². The second-order valence-corrected chi connectivity index (χ2v) is 8.47. The van der Waals surface area contributed by atoms with Gasteiger partial charge < -0.3 is 19.1 Å². The topological polar surface area (TPSA) is 94.2 Å². The average molecular weight is 418 g/mol. The summed E-state index contributed by atoms with van der Waals surface area (Å²) < 4.78 is 44.5. The second-order valence-electron chi connectivity index (χ2n) is 6.76. The number of carbonyl (C=O) groups is 1. The zero-order valence-corrected chi connectivity index (χ0v) is 16.8. The number of hydrogen-bond acceptors (Lipinski definition) is 6. The summed E-state index contributed by atoms with van der Waals surface area (Å²) in [5.41, 5.74) is 0.708. The molecule has 1 amide bonds. The van der Waals surface area contributed by atoms with Gasteiger partial charge in [-0.1, -0.05) is 0 Å². The fourth-order valence-corrected chi connectivity index (χ4v) is 4.65. The van der Waals surface area contributed by atoms with Gasteiger partial charge in [0.05, 0.1) is 11.5 Å². The van der Waals surface area contributed by atoms with Crippen LogP contribution in [-0.2, 0) is 14.8 Å². The molecule has 0 aliphatic carbocycles. The quantitative estimate of drug-likeness (QED) is 0.771. The lowest BCUT2D eigenvalue weighted by atomic mass is 10.3. The maximum atomic E-state index is 12.8. The van der Waals surface area contributed by atoms with Crippen molar-refractivity contribution in [2.75, 3.05) is 31.3 Å². The molecule has 0 bridgehead atoms. The molecule has 0 radical (unpaired) electrons. The molecule has 0 aromatic heterocycles. The van der Waals surface area contributed by atoms with Crippen molar-refractivity contribution in [1.82, 2.24) is 4.72 Å². The highest BCUT2D eigenvalue weighted by atomic mass is 32.2. The zero-order chi connectivity index (χ0) is 20.4. The minimum atomic E-state index is -3.80. The van der Waals surface area contributed by atoms with E-state index in [0.717, 1.165) is 5.75 Å². The third-order valence-corrected chi connectivity index (χ3v) is 6.25. The van der Waals surface area contributed by atoms with Crippen LogP contribution in [0, 0.1) is 0 Å². The molecule has 1 fully saturated rings. The van der Waals surface area contributed by atoms with Gasteiger partial charge in [-0.3, -0.25) is 4.79 Å². The van der Waals surface area contributed by atoms with E-state index in [1.165, 1.54) is 12.1 Å². The number of anilines is 1. The zero-order valence-electron chi connectivity index (χ0n) is 16.0. The van der Waals surface area contributed by atoms with Crippen LogP contribution < -0.4 is 23.8 Å². The summed E-state index contributed by atoms with van der Waals surface area (Å²) in [6.45, 7) is 3.53. The number of benzene rings is 2. The minimum Gasteiger partial charge on any atom is -0.494 e. The van der Waals surface area contributed by atoms with Crippen LogP contribution in [0.5, 0.6) is 17.2 Å². The van der Waals surface area contributed by atoms with Gasteiger partial charge in [0.2, 0.25) is 15.9 Å². The number of nitrogens with zero attached hydrogens (tertiary/aromatic N) is 1. The lowest BCUT2D eigenvalue weighted by Crippen LogP contribution is -2.37. The van der Waals surface area contributed by atoms with Crippen LogP contribution in [0.3, 0.4) is 0 Å². The molecule has 2 aromatic rings. The summed E-state index contributed by atoms with van der Waals surface area (Å²) in [5, 5.41) is 0. The third kappa shape index (κ3) is 4.15. The molecule has 2 aliphatic rings. The standard InChI is InChI=1S/C20H22N2O6S/c1-2-26-16-5-3-15(4-6-16)22-13-14(11-20(22)23)21-29(24,25)17-7-8-18-19(12-17)28-10-9-27-18/h3-8,12,14,21H,2,9-11,13H2,1H3/t14-/m1/s1. The molecule has 2 heterocycles. The summed E-state index contributed by atoms with van der Waals surface area (Å²) in [6, 6.07) is 11.1. The van der Waals surface area contributed by atoms with Gasteiger partial charge in [0.25, 0.3) is 0 Å². The number of ether oxygens (including phenoxy) is 3. The van der Waals surface area contributed by atoms with E-state index in [9.17, 15) is 13.2 Å². The lowest BCUT2D eigenvalue weighted by molar-refractivity contribution is -0.117. The number of fused-ring (bicyclic) bond motifs is 1. The van der Waals surface area contributed by atoms with E-state index in [4.69, 9.17) is 14.2 Å². The van der Waals surface area contributed by atoms with Gasteiger partial charge in [0, 0.05) is 30.8 Å². The Labute approximate surface area is 169 Å². The van der Waals surface area contributed by atoms with E-state index in [1.54, 1.807) is 35.2 Å². The maximum Gasteiger partial charge on any atom is 0.241 e. The van der Waals surface area contributed by atoms with Gasteiger partial charge in [0.1, 0.15) is 19.0 Å². The first-order valence-corrected chi connectivity index (χ1v) is 10.9. The Morgan fingerprint density at radius 3 is 2.55 bits per heavy atom. The van der Waals surface area contributed by atoms with Crippen molar-refractivity contribution in [3.05, 3.63) is 42.5 Å². The Morgan fingerprint density at radius 2 is 1.83 bits per heavy atom. The second kappa shape index (κ2) is 7.92. The number of nitrogens with one attached hydrogen (secondary N) is 1. The smallest absolute Gasteiger partial charge is 0.241 e. The number of carbonyl (C=O) groups excluding carboxylic acids is 1. The molecular formula is C20H22N2O6S. The molecule has 0 spiro atoms. The number of hydrogen-bond donors (Lipinski definition) is 1. The number of amides is 1. The van der Waals surface area contributed by atoms with Crippen molar-refractivity contribution in [1.29, 1.82) is 0 Å². The van der Waals surface area contributed by atoms with Gasteiger partial charge in [-0.05, 0) is 43.3 Å². The molecule has 8 nitrogen and oxygen atoms in total. The Morgan fingerprint density at radius 1 is 1.10 bits per heavy atom. The largest absolute Gasteiger partial charge is 0.494 e. The Hall–Kier alpha value is -2.78. The molecule has 1 atom stereocenters. The molecule has 29 heavy (non-hydrogen) atoms. The van der Waals surface area contributed by atoms with Gasteiger partial charge in [0.15, 0.2) is 11.5 Å². The molecular weight excluding hydrogens is 396 g/mol. The maximum absolute atomic E-state index is 12.8. The highest BCUT2D eigenvalue weighted by molar-refractivity contribution is 7.89. The van der Waals surface area contributed by atoms with E-state index in [0.29, 0.717) is 37.0 Å². The number of sulfonamides is 1. The highest BCUT2D eigenvalue weighted by Crippen LogP contribution is 2.32. The van der Waals surface area contributed by atoms with E-state index in [1.807, 2.05) is 6.92 Å². The minimum absolute atomic E-state index is 0.0775. The first kappa shape index (κ1) is 19.5. The summed E-state index contributed by atoms with van der Waals surface area (Å²) in [5.74, 6) is 1.51. The van der Waals surface area contributed by atoms with Gasteiger partial charge in [-0.25, -0.2) is 13.1 Å². The molecule has 0 unspecified atom stereocenters. The molecule has 0 saturated carbocycles. The molecule has 2 aliphatic heterocycles. The molecule has 9 heteroatoms. The van der Waals surface area contributed by atoms with E-state index in [-0.39, 0.29) is 23.8 Å². The third-order valence-electron chi connectivity index (χ3n) is 4.73. The van der Waals surface area contributed by atoms with Gasteiger partial charge >= 0.3 is 0 Å². The molecule has 2 aromatic carbocycles. The van der Waals surface area contributed by atoms with Crippen molar-refractivity contribution in [2.24, 2.45) is 0 Å². The summed E-state index contributed by atoms with van der Waals surface area (Å²) in [7, 11) is -3.80. The van der Waals surface area contributed by atoms with Crippen molar-refractivity contribution in [2.45, 2.75) is 24.3 Å². The van der Waals surface area contributed by atoms with Crippen molar-refractivity contribution >= 4 is 21.6 Å². The molecule has 1 saturated heterocycles. The Bertz CT molecular complexity index is 1010. The van der Waals surface area contributed by atoms with E-state index >= 15 is 0 Å². The van der Waals surface area contributed by atoms with Crippen LogP contribution in [0.25, 0.3) is 0 Å². The predicted octanol–water partition coefficient (Wildman–Crippen LogP) is 1.94. The van der Waals surface area contributed by atoms with Crippen molar-refractivity contribution in [3.63, 3.8) is 0 Å². The fraction of sp³-hybridized carbons (Fsp3) is 0.350. The van der Waals surface area contributed by atoms with Crippen molar-refractivity contribution < 1.29 is 27.4 Å². The lowest BCUT2D eigenvalue weighted by Gasteiger charge is -2.20. The summed E-state index contributed by atoms with van der Waals surface area (Å²) >= 11 is 0. The molecule has 154 valence electrons. The summed E-state index contributed by atoms with van der Waals surface area (Å²) in [6.07, 6.45) is 0.0942. The van der Waals surface area contributed by atoms with Crippen LogP contribution in [0.1, 0.15) is 13.3 Å². The monoisotopic (exact) mass is 418 g/mol.